The van der Waals surface area contributed by atoms with Gasteiger partial charge in [-0.05, 0) is 38.8 Å². The van der Waals surface area contributed by atoms with Crippen LogP contribution in [0.3, 0.4) is 0 Å². The number of aromatic nitrogens is 2. The van der Waals surface area contributed by atoms with Crippen molar-refractivity contribution in [1.29, 1.82) is 0 Å². The van der Waals surface area contributed by atoms with Gasteiger partial charge in [0, 0.05) is 12.7 Å². The number of anilines is 1. The highest BCUT2D eigenvalue weighted by atomic mass is 16.3. The van der Waals surface area contributed by atoms with E-state index < -0.39 is 5.60 Å². The molecule has 0 radical (unpaired) electrons. The lowest BCUT2D eigenvalue weighted by atomic mass is 9.97. The van der Waals surface area contributed by atoms with Gasteiger partial charge in [0.1, 0.15) is 0 Å². The van der Waals surface area contributed by atoms with Gasteiger partial charge in [0.25, 0.3) is 0 Å². The number of carbonyl (C=O) groups excluding carboxylic acids is 1. The average Bonchev–Trinajstić information content (AvgIpc) is 2.79. The molecule has 1 aromatic heterocycles. The van der Waals surface area contributed by atoms with Crippen LogP contribution in [0, 0.1) is 0 Å². The molecule has 2 N–H and O–H groups in total. The van der Waals surface area contributed by atoms with Crippen LogP contribution in [-0.2, 0) is 0 Å². The monoisotopic (exact) mass is 250 g/mol. The first-order valence-corrected chi connectivity index (χ1v) is 6.06. The highest BCUT2D eigenvalue weighted by molar-refractivity contribution is 5.88. The molecule has 1 fully saturated rings. The molecule has 1 saturated heterocycles. The minimum Gasteiger partial charge on any atom is -0.388 e. The van der Waals surface area contributed by atoms with Crippen molar-refractivity contribution in [2.45, 2.75) is 38.3 Å². The number of nitrogens with zero attached hydrogens (tertiary/aromatic N) is 3. The summed E-state index contributed by atoms with van der Waals surface area (Å²) in [6.45, 7) is 4.11. The van der Waals surface area contributed by atoms with E-state index in [4.69, 9.17) is 0 Å². The van der Waals surface area contributed by atoms with Crippen LogP contribution in [-0.4, -0.2) is 44.4 Å². The molecule has 1 aromatic rings. The lowest BCUT2D eigenvalue weighted by Crippen LogP contribution is -2.49. The van der Waals surface area contributed by atoms with Crippen molar-refractivity contribution >= 4 is 11.8 Å². The van der Waals surface area contributed by atoms with Crippen LogP contribution in [0.15, 0.2) is 18.3 Å². The molecule has 0 spiro atoms. The molecule has 1 aliphatic rings. The summed E-state index contributed by atoms with van der Waals surface area (Å²) in [7, 11) is 0. The molecule has 6 heteroatoms. The highest BCUT2D eigenvalue weighted by Crippen LogP contribution is 2.27. The van der Waals surface area contributed by atoms with E-state index in [-0.39, 0.29) is 12.1 Å². The van der Waals surface area contributed by atoms with Gasteiger partial charge in [0.2, 0.25) is 0 Å². The number of carbonyl (C=O) groups is 1. The smallest absolute Gasteiger partial charge is 0.323 e. The molecule has 0 aromatic carbocycles. The quantitative estimate of drug-likeness (QED) is 0.828. The zero-order valence-corrected chi connectivity index (χ0v) is 10.6. The number of hydrogen-bond donors (Lipinski definition) is 2. The number of urea groups is 1. The van der Waals surface area contributed by atoms with E-state index in [9.17, 15) is 9.90 Å². The molecular formula is C12H18N4O2. The Morgan fingerprint density at radius 3 is 3.00 bits per heavy atom. The summed E-state index contributed by atoms with van der Waals surface area (Å²) in [6, 6.07) is 2.99. The molecule has 1 atom stereocenters. The maximum absolute atomic E-state index is 12.1. The standard InChI is InChI=1S/C12H18N4O2/c1-12(2,18)9-5-4-8-16(9)11(17)14-10-6-3-7-13-15-10/h3,6-7,9,18H,4-5,8H2,1-2H3,(H,14,15,17). The SMILES string of the molecule is CC(C)(O)C1CCCN1C(=O)Nc1cccnn1. The van der Waals surface area contributed by atoms with Crippen LogP contribution in [0.5, 0.6) is 0 Å². The number of rotatable bonds is 2. The van der Waals surface area contributed by atoms with E-state index in [0.717, 1.165) is 12.8 Å². The predicted molar refractivity (Wildman–Crippen MR) is 67.1 cm³/mol. The Balaban J connectivity index is 2.05. The van der Waals surface area contributed by atoms with Crippen molar-refractivity contribution in [3.63, 3.8) is 0 Å². The molecule has 0 saturated carbocycles. The van der Waals surface area contributed by atoms with E-state index in [1.165, 1.54) is 0 Å². The van der Waals surface area contributed by atoms with Crippen LogP contribution >= 0.6 is 0 Å². The average molecular weight is 250 g/mol. The van der Waals surface area contributed by atoms with Crippen LogP contribution in [0.2, 0.25) is 0 Å². The number of aliphatic hydroxyl groups is 1. The van der Waals surface area contributed by atoms with Gasteiger partial charge in [-0.15, -0.1) is 5.10 Å². The Labute approximate surface area is 106 Å². The molecule has 98 valence electrons. The maximum Gasteiger partial charge on any atom is 0.323 e. The zero-order chi connectivity index (χ0) is 13.2. The second kappa shape index (κ2) is 4.89. The Morgan fingerprint density at radius 1 is 1.61 bits per heavy atom. The summed E-state index contributed by atoms with van der Waals surface area (Å²) in [5.74, 6) is 0.420. The van der Waals surface area contributed by atoms with Crippen LogP contribution in [0.4, 0.5) is 10.6 Å². The first-order valence-electron chi connectivity index (χ1n) is 6.06. The Morgan fingerprint density at radius 2 is 2.39 bits per heavy atom. The normalized spacial score (nSPS) is 19.9. The molecule has 1 aliphatic heterocycles. The molecule has 2 heterocycles. The molecular weight excluding hydrogens is 232 g/mol. The molecule has 0 aliphatic carbocycles. The van der Waals surface area contributed by atoms with E-state index in [2.05, 4.69) is 15.5 Å². The Bertz CT molecular complexity index is 416. The second-order valence-corrected chi connectivity index (χ2v) is 5.04. The first-order chi connectivity index (χ1) is 8.48. The number of nitrogens with one attached hydrogen (secondary N) is 1. The van der Waals surface area contributed by atoms with Gasteiger partial charge >= 0.3 is 6.03 Å². The van der Waals surface area contributed by atoms with Crippen molar-refractivity contribution in [2.75, 3.05) is 11.9 Å². The zero-order valence-electron chi connectivity index (χ0n) is 10.6. The van der Waals surface area contributed by atoms with E-state index >= 15 is 0 Å². The molecule has 1 unspecified atom stereocenters. The maximum atomic E-state index is 12.1. The van der Waals surface area contributed by atoms with E-state index in [1.807, 2.05) is 0 Å². The fourth-order valence-corrected chi connectivity index (χ4v) is 2.29. The minimum absolute atomic E-state index is 0.158. The number of likely N-dealkylation sites (tertiary alicyclic amines) is 1. The van der Waals surface area contributed by atoms with Gasteiger partial charge in [-0.25, -0.2) is 4.79 Å². The molecule has 6 nitrogen and oxygen atoms in total. The fourth-order valence-electron chi connectivity index (χ4n) is 2.29. The van der Waals surface area contributed by atoms with Crippen LogP contribution in [0.1, 0.15) is 26.7 Å². The lowest BCUT2D eigenvalue weighted by Gasteiger charge is -2.33. The third kappa shape index (κ3) is 2.76. The minimum atomic E-state index is -0.893. The number of hydrogen-bond acceptors (Lipinski definition) is 4. The molecule has 0 bridgehead atoms. The van der Waals surface area contributed by atoms with E-state index in [0.29, 0.717) is 12.4 Å². The van der Waals surface area contributed by atoms with Crippen molar-refractivity contribution < 1.29 is 9.90 Å². The van der Waals surface area contributed by atoms with Crippen molar-refractivity contribution in [1.82, 2.24) is 15.1 Å². The van der Waals surface area contributed by atoms with Gasteiger partial charge in [0.15, 0.2) is 5.82 Å². The molecule has 18 heavy (non-hydrogen) atoms. The summed E-state index contributed by atoms with van der Waals surface area (Å²) < 4.78 is 0. The van der Waals surface area contributed by atoms with Crippen LogP contribution < -0.4 is 5.32 Å². The third-order valence-electron chi connectivity index (χ3n) is 3.14. The molecule has 2 amide bonds. The molecule has 2 rings (SSSR count). The summed E-state index contributed by atoms with van der Waals surface area (Å²) in [6.07, 6.45) is 3.27. The largest absolute Gasteiger partial charge is 0.388 e. The number of amides is 2. The van der Waals surface area contributed by atoms with Crippen LogP contribution in [0.25, 0.3) is 0 Å². The van der Waals surface area contributed by atoms with Gasteiger partial charge < -0.3 is 10.0 Å². The topological polar surface area (TPSA) is 78.4 Å². The van der Waals surface area contributed by atoms with Crippen molar-refractivity contribution in [3.05, 3.63) is 18.3 Å². The van der Waals surface area contributed by atoms with Gasteiger partial charge in [-0.1, -0.05) is 0 Å². The predicted octanol–water partition coefficient (Wildman–Crippen LogP) is 1.24. The van der Waals surface area contributed by atoms with Crippen molar-refractivity contribution in [3.8, 4) is 0 Å². The highest BCUT2D eigenvalue weighted by Gasteiger charge is 2.38. The van der Waals surface area contributed by atoms with Gasteiger partial charge in [0.05, 0.1) is 11.6 Å². The lowest BCUT2D eigenvalue weighted by molar-refractivity contribution is 0.0117. The Kier molecular flexibility index (Phi) is 3.47. The summed E-state index contributed by atoms with van der Waals surface area (Å²) >= 11 is 0. The van der Waals surface area contributed by atoms with Gasteiger partial charge in [-0.3, -0.25) is 5.32 Å². The Hall–Kier alpha value is -1.69. The summed E-state index contributed by atoms with van der Waals surface area (Å²) in [5.41, 5.74) is -0.893. The summed E-state index contributed by atoms with van der Waals surface area (Å²) in [4.78, 5) is 13.8. The fraction of sp³-hybridized carbons (Fsp3) is 0.583. The summed E-state index contributed by atoms with van der Waals surface area (Å²) in [5, 5.41) is 20.2. The van der Waals surface area contributed by atoms with Crippen molar-refractivity contribution in [2.24, 2.45) is 0 Å². The third-order valence-corrected chi connectivity index (χ3v) is 3.14. The van der Waals surface area contributed by atoms with E-state index in [1.54, 1.807) is 37.1 Å². The van der Waals surface area contributed by atoms with Gasteiger partial charge in [-0.2, -0.15) is 5.10 Å². The first kappa shape index (κ1) is 12.8. The second-order valence-electron chi connectivity index (χ2n) is 5.04.